The van der Waals surface area contributed by atoms with Crippen LogP contribution in [0.2, 0.25) is 10.0 Å². The maximum Gasteiger partial charge on any atom is 0.252 e. The van der Waals surface area contributed by atoms with Crippen LogP contribution in [-0.4, -0.2) is 80.5 Å². The number of carbonyl (C=O) groups excluding carboxylic acids is 2. The van der Waals surface area contributed by atoms with Gasteiger partial charge in [0.25, 0.3) is 31.9 Å². The molecule has 3 aromatic heterocycles. The Kier molecular flexibility index (Phi) is 17.5. The van der Waals surface area contributed by atoms with Crippen LogP contribution in [0.3, 0.4) is 0 Å². The van der Waals surface area contributed by atoms with Crippen molar-refractivity contribution in [3.05, 3.63) is 170 Å². The van der Waals surface area contributed by atoms with Crippen molar-refractivity contribution in [2.24, 2.45) is 0 Å². The summed E-state index contributed by atoms with van der Waals surface area (Å²) in [5.74, 6) is 0.229. The summed E-state index contributed by atoms with van der Waals surface area (Å²) in [5.41, 5.74) is 5.31. The number of hydrogen-bond acceptors (Lipinski definition) is 12. The number of sulfonamides is 2. The van der Waals surface area contributed by atoms with E-state index in [2.05, 4.69) is 71.3 Å². The largest absolute Gasteiger partial charge is 0.444 e. The zero-order chi connectivity index (χ0) is 51.8. The van der Waals surface area contributed by atoms with Crippen LogP contribution in [0.5, 0.6) is 0 Å². The molecular formula is C53H57Cl2N7O7S4. The number of thiophene rings is 2. The van der Waals surface area contributed by atoms with Crippen molar-refractivity contribution in [2.75, 3.05) is 36.8 Å². The minimum atomic E-state index is -3.59. The van der Waals surface area contributed by atoms with E-state index in [-0.39, 0.29) is 46.6 Å². The minimum absolute atomic E-state index is 0.0767. The number of benzene rings is 4. The fraction of sp³-hybridized carbons (Fsp3) is 0.302. The van der Waals surface area contributed by atoms with Crippen molar-refractivity contribution < 1.29 is 30.8 Å². The van der Waals surface area contributed by atoms with Gasteiger partial charge in [0.2, 0.25) is 0 Å². The zero-order valence-corrected chi connectivity index (χ0v) is 45.3. The van der Waals surface area contributed by atoms with Gasteiger partial charge in [0.15, 0.2) is 12.2 Å². The first-order valence-corrected chi connectivity index (χ1v) is 29.1. The van der Waals surface area contributed by atoms with E-state index in [9.17, 15) is 26.4 Å². The molecule has 0 aliphatic carbocycles. The van der Waals surface area contributed by atoms with Crippen LogP contribution in [0.15, 0.2) is 147 Å². The lowest BCUT2D eigenvalue weighted by molar-refractivity contribution is 0.0943. The first kappa shape index (κ1) is 53.7. The second kappa shape index (κ2) is 23.7. The number of amides is 2. The van der Waals surface area contributed by atoms with Crippen LogP contribution in [0, 0.1) is 0 Å². The number of nitrogens with zero attached hydrogens (tertiary/aromatic N) is 3. The molecule has 0 atom stereocenters. The first-order chi connectivity index (χ1) is 34.9. The molecule has 14 nitrogen and oxygen atoms in total. The lowest BCUT2D eigenvalue weighted by Gasteiger charge is -2.32. The molecule has 384 valence electrons. The lowest BCUT2D eigenvalue weighted by Crippen LogP contribution is -2.42. The van der Waals surface area contributed by atoms with Crippen LogP contribution < -0.4 is 21.3 Å². The third kappa shape index (κ3) is 14.2. The summed E-state index contributed by atoms with van der Waals surface area (Å²) < 4.78 is 62.0. The lowest BCUT2D eigenvalue weighted by atomic mass is 9.87. The molecule has 5 heterocycles. The Morgan fingerprint density at radius 3 is 1.52 bits per heavy atom. The van der Waals surface area contributed by atoms with Crippen LogP contribution in [0.25, 0.3) is 11.3 Å². The van der Waals surface area contributed by atoms with E-state index in [0.29, 0.717) is 70.2 Å². The Morgan fingerprint density at radius 2 is 1.08 bits per heavy atom. The smallest absolute Gasteiger partial charge is 0.252 e. The number of nitrogens with one attached hydrogen (secondary N) is 4. The summed E-state index contributed by atoms with van der Waals surface area (Å²) in [7, 11) is -7.15. The number of oxazole rings is 1. The highest BCUT2D eigenvalue weighted by molar-refractivity contribution is 7.91. The van der Waals surface area contributed by atoms with Crippen molar-refractivity contribution in [2.45, 2.75) is 85.5 Å². The molecule has 2 saturated heterocycles. The van der Waals surface area contributed by atoms with Gasteiger partial charge in [-0.15, -0.1) is 22.7 Å². The molecule has 0 radical (unpaired) electrons. The average molecular weight is 1100 g/mol. The summed E-state index contributed by atoms with van der Waals surface area (Å²) in [6.45, 7) is 8.91. The molecule has 2 aliphatic heterocycles. The van der Waals surface area contributed by atoms with Gasteiger partial charge in [-0.3, -0.25) is 9.59 Å². The molecule has 2 fully saturated rings. The number of aromatic nitrogens is 1. The number of halogens is 2. The molecule has 0 bridgehead atoms. The van der Waals surface area contributed by atoms with Gasteiger partial charge in [-0.05, 0) is 134 Å². The van der Waals surface area contributed by atoms with Crippen molar-refractivity contribution >= 4 is 89.1 Å². The Hall–Kier alpha value is -5.57. The van der Waals surface area contributed by atoms with Crippen molar-refractivity contribution in [1.29, 1.82) is 0 Å². The van der Waals surface area contributed by atoms with Crippen molar-refractivity contribution in [3.63, 3.8) is 0 Å². The predicted octanol–water partition coefficient (Wildman–Crippen LogP) is 11.1. The number of hydrogen-bond donors (Lipinski definition) is 4. The standard InChI is InChI=1S/C27H32ClN3O3S2.C26H25ClN4O4S2/c1-27(2,3)20-5-4-6-23(17-20)30-22-13-15-31(16-14-22)36(33,34)25-12-11-24(35-25)18-29-26(32)19-7-9-21(28)10-8-19;27-20-6-4-18(5-7-20)26(32)29-15-23-8-9-25(36-23)37(33,34)31-12-10-21(11-13-31)30-22-3-1-2-19(14-22)24-16-28-17-35-24/h4-12,17,22,30H,13-16,18H2,1-3H3,(H,29,32);1-9,14,16-17,21,30H,10-13,15H2,(H,29,32). The average Bonchev–Trinajstić information content (AvgIpc) is 4.21. The molecule has 20 heteroatoms. The fourth-order valence-electron chi connectivity index (χ4n) is 8.33. The monoisotopic (exact) mass is 1100 g/mol. The quantitative estimate of drug-likeness (QED) is 0.0771. The summed E-state index contributed by atoms with van der Waals surface area (Å²) in [5, 5.41) is 13.9. The van der Waals surface area contributed by atoms with Gasteiger partial charge in [-0.2, -0.15) is 8.61 Å². The molecule has 2 aliphatic rings. The Balaban J connectivity index is 0.000000195. The summed E-state index contributed by atoms with van der Waals surface area (Å²) in [6, 6.07) is 36.7. The molecule has 4 N–H and O–H groups in total. The number of anilines is 2. The highest BCUT2D eigenvalue weighted by Gasteiger charge is 2.32. The molecule has 9 rings (SSSR count). The molecule has 0 saturated carbocycles. The second-order valence-electron chi connectivity index (χ2n) is 18.7. The van der Waals surface area contributed by atoms with E-state index in [0.717, 1.165) is 39.5 Å². The van der Waals surface area contributed by atoms with Gasteiger partial charge in [0, 0.05) is 86.1 Å². The van der Waals surface area contributed by atoms with Crippen LogP contribution in [-0.2, 0) is 38.6 Å². The number of piperidine rings is 2. The zero-order valence-electron chi connectivity index (χ0n) is 40.5. The van der Waals surface area contributed by atoms with Gasteiger partial charge in [-0.25, -0.2) is 21.8 Å². The highest BCUT2D eigenvalue weighted by Crippen LogP contribution is 2.32. The van der Waals surface area contributed by atoms with Crippen LogP contribution in [0.1, 0.15) is 82.5 Å². The Bertz CT molecular complexity index is 3200. The third-order valence-corrected chi connectivity index (χ3v) is 19.9. The van der Waals surface area contributed by atoms with Gasteiger partial charge < -0.3 is 25.7 Å². The van der Waals surface area contributed by atoms with Crippen molar-refractivity contribution in [3.8, 4) is 11.3 Å². The molecule has 2 amide bonds. The normalized spacial score (nSPS) is 15.2. The number of carbonyl (C=O) groups is 2. The third-order valence-electron chi connectivity index (χ3n) is 12.5. The SMILES string of the molecule is CC(C)(C)c1cccc(NC2CCN(S(=O)(=O)c3ccc(CNC(=O)c4ccc(Cl)cc4)s3)CC2)c1.O=C(NCc1ccc(S(=O)(=O)N2CCC(Nc3cccc(-c4cnco4)c3)CC2)s1)c1ccc(Cl)cc1. The van der Waals surface area contributed by atoms with E-state index >= 15 is 0 Å². The summed E-state index contributed by atoms with van der Waals surface area (Å²) >= 11 is 14.1. The predicted molar refractivity (Wildman–Crippen MR) is 292 cm³/mol. The molecule has 4 aromatic carbocycles. The highest BCUT2D eigenvalue weighted by atomic mass is 35.5. The molecule has 0 unspecified atom stereocenters. The molecule has 73 heavy (non-hydrogen) atoms. The maximum atomic E-state index is 13.2. The second-order valence-corrected chi connectivity index (χ2v) is 26.3. The van der Waals surface area contributed by atoms with Gasteiger partial charge in [0.1, 0.15) is 8.42 Å². The first-order valence-electron chi connectivity index (χ1n) is 23.8. The van der Waals surface area contributed by atoms with Crippen molar-refractivity contribution in [1.82, 2.24) is 24.2 Å². The summed E-state index contributed by atoms with van der Waals surface area (Å²) in [6.07, 6.45) is 5.95. The van der Waals surface area contributed by atoms with E-state index in [4.69, 9.17) is 27.6 Å². The topological polar surface area (TPSA) is 183 Å². The van der Waals surface area contributed by atoms with Gasteiger partial charge in [-0.1, -0.05) is 68.2 Å². The Morgan fingerprint density at radius 1 is 0.630 bits per heavy atom. The molecular weight excluding hydrogens is 1050 g/mol. The Labute approximate surface area is 445 Å². The van der Waals surface area contributed by atoms with Gasteiger partial charge >= 0.3 is 0 Å². The van der Waals surface area contributed by atoms with Gasteiger partial charge in [0.05, 0.1) is 19.3 Å². The van der Waals surface area contributed by atoms with E-state index in [1.54, 1.807) is 83.3 Å². The maximum absolute atomic E-state index is 13.2. The van der Waals surface area contributed by atoms with E-state index < -0.39 is 20.0 Å². The number of rotatable bonds is 15. The fourth-order valence-corrected chi connectivity index (χ4v) is 14.4. The van der Waals surface area contributed by atoms with E-state index in [1.165, 1.54) is 38.9 Å². The van der Waals surface area contributed by atoms with Crippen LogP contribution in [0.4, 0.5) is 11.4 Å². The van der Waals surface area contributed by atoms with E-state index in [1.807, 2.05) is 24.3 Å². The van der Waals surface area contributed by atoms with Crippen LogP contribution >= 0.6 is 45.9 Å². The summed E-state index contributed by atoms with van der Waals surface area (Å²) in [4.78, 5) is 30.2. The minimum Gasteiger partial charge on any atom is -0.444 e. The molecule has 0 spiro atoms. The molecule has 7 aromatic rings.